The molecule has 20 heavy (non-hydrogen) atoms. The third-order valence-electron chi connectivity index (χ3n) is 3.81. The van der Waals surface area contributed by atoms with E-state index in [1.807, 2.05) is 0 Å². The molecule has 0 fully saturated rings. The van der Waals surface area contributed by atoms with E-state index in [1.54, 1.807) is 0 Å². The Morgan fingerprint density at radius 2 is 1.90 bits per heavy atom. The van der Waals surface area contributed by atoms with E-state index < -0.39 is 0 Å². The molecule has 0 aliphatic heterocycles. The average Bonchev–Trinajstić information content (AvgIpc) is 2.44. The molecule has 1 N–H and O–H groups in total. The van der Waals surface area contributed by atoms with Crippen LogP contribution in [0.25, 0.3) is 0 Å². The Hall–Kier alpha value is -0.340. The number of rotatable bonds is 11. The number of hydrogen-bond acceptors (Lipinski definition) is 1. The van der Waals surface area contributed by atoms with Crippen molar-refractivity contribution in [3.05, 3.63) is 34.3 Å². The van der Waals surface area contributed by atoms with Crippen molar-refractivity contribution >= 4 is 15.9 Å². The molecule has 1 aromatic carbocycles. The topological polar surface area (TPSA) is 12.0 Å². The number of unbranched alkanes of at least 4 members (excludes halogenated alkanes) is 4. The van der Waals surface area contributed by atoms with Crippen LogP contribution in [0.1, 0.15) is 57.9 Å². The SMILES string of the molecule is CCCCCCCC(CNCC)Cc1cccc(Br)c1. The maximum absolute atomic E-state index is 3.57. The second kappa shape index (κ2) is 11.3. The molecule has 2 heteroatoms. The Balaban J connectivity index is 2.38. The van der Waals surface area contributed by atoms with E-state index in [1.165, 1.54) is 55.0 Å². The molecule has 0 saturated carbocycles. The van der Waals surface area contributed by atoms with E-state index in [-0.39, 0.29) is 0 Å². The maximum Gasteiger partial charge on any atom is 0.0177 e. The lowest BCUT2D eigenvalue weighted by Crippen LogP contribution is -2.24. The van der Waals surface area contributed by atoms with Crippen LogP contribution < -0.4 is 5.32 Å². The Bertz CT molecular complexity index is 351. The monoisotopic (exact) mass is 339 g/mol. The number of hydrogen-bond donors (Lipinski definition) is 1. The second-order valence-corrected chi connectivity index (χ2v) is 6.63. The van der Waals surface area contributed by atoms with E-state index in [9.17, 15) is 0 Å². The molecule has 0 saturated heterocycles. The smallest absolute Gasteiger partial charge is 0.0177 e. The third kappa shape index (κ3) is 8.06. The second-order valence-electron chi connectivity index (χ2n) is 5.71. The van der Waals surface area contributed by atoms with Crippen LogP contribution in [0, 0.1) is 5.92 Å². The normalized spacial score (nSPS) is 12.6. The van der Waals surface area contributed by atoms with Crippen LogP contribution in [0.4, 0.5) is 0 Å². The Kier molecular flexibility index (Phi) is 10.0. The highest BCUT2D eigenvalue weighted by molar-refractivity contribution is 9.10. The molecule has 1 rings (SSSR count). The highest BCUT2D eigenvalue weighted by Gasteiger charge is 2.09. The lowest BCUT2D eigenvalue weighted by Gasteiger charge is -2.17. The van der Waals surface area contributed by atoms with Gasteiger partial charge >= 0.3 is 0 Å². The van der Waals surface area contributed by atoms with Gasteiger partial charge in [-0.05, 0) is 49.5 Å². The molecular weight excluding hydrogens is 310 g/mol. The summed E-state index contributed by atoms with van der Waals surface area (Å²) in [6, 6.07) is 8.76. The molecular formula is C18H30BrN. The van der Waals surface area contributed by atoms with Gasteiger partial charge in [0, 0.05) is 4.47 Å². The molecule has 1 unspecified atom stereocenters. The molecule has 0 bridgehead atoms. The summed E-state index contributed by atoms with van der Waals surface area (Å²) in [5.74, 6) is 0.769. The maximum atomic E-state index is 3.57. The first kappa shape index (κ1) is 17.7. The van der Waals surface area contributed by atoms with Crippen molar-refractivity contribution in [2.45, 2.75) is 58.8 Å². The summed E-state index contributed by atoms with van der Waals surface area (Å²) >= 11 is 3.57. The first-order valence-corrected chi connectivity index (χ1v) is 9.00. The minimum atomic E-state index is 0.769. The van der Waals surface area contributed by atoms with Crippen LogP contribution in [0.15, 0.2) is 28.7 Å². The van der Waals surface area contributed by atoms with Gasteiger partial charge < -0.3 is 5.32 Å². The van der Waals surface area contributed by atoms with Gasteiger partial charge in [0.15, 0.2) is 0 Å². The quantitative estimate of drug-likeness (QED) is 0.519. The fourth-order valence-electron chi connectivity index (χ4n) is 2.66. The summed E-state index contributed by atoms with van der Waals surface area (Å²) in [4.78, 5) is 0. The molecule has 0 spiro atoms. The van der Waals surface area contributed by atoms with Crippen LogP contribution >= 0.6 is 15.9 Å². The molecule has 0 heterocycles. The fourth-order valence-corrected chi connectivity index (χ4v) is 3.11. The predicted octanol–water partition coefficient (Wildman–Crippen LogP) is 5.58. The molecule has 0 aliphatic carbocycles. The Morgan fingerprint density at radius 1 is 1.10 bits per heavy atom. The summed E-state index contributed by atoms with van der Waals surface area (Å²) in [6.07, 6.45) is 9.45. The highest BCUT2D eigenvalue weighted by atomic mass is 79.9. The standard InChI is InChI=1S/C18H30BrN/c1-3-5-6-7-8-10-17(15-20-4-2)13-16-11-9-12-18(19)14-16/h9,11-12,14,17,20H,3-8,10,13,15H2,1-2H3. The predicted molar refractivity (Wildman–Crippen MR) is 93.3 cm³/mol. The van der Waals surface area contributed by atoms with Crippen molar-refractivity contribution in [2.75, 3.05) is 13.1 Å². The largest absolute Gasteiger partial charge is 0.317 e. The molecule has 1 atom stereocenters. The van der Waals surface area contributed by atoms with Gasteiger partial charge in [-0.3, -0.25) is 0 Å². The van der Waals surface area contributed by atoms with E-state index in [4.69, 9.17) is 0 Å². The van der Waals surface area contributed by atoms with E-state index >= 15 is 0 Å². The molecule has 0 radical (unpaired) electrons. The molecule has 1 aromatic rings. The summed E-state index contributed by atoms with van der Waals surface area (Å²) in [6.45, 7) is 6.69. The number of nitrogens with one attached hydrogen (secondary N) is 1. The van der Waals surface area contributed by atoms with Crippen molar-refractivity contribution in [1.29, 1.82) is 0 Å². The highest BCUT2D eigenvalue weighted by Crippen LogP contribution is 2.19. The van der Waals surface area contributed by atoms with Gasteiger partial charge in [-0.15, -0.1) is 0 Å². The minimum absolute atomic E-state index is 0.769. The zero-order valence-corrected chi connectivity index (χ0v) is 14.7. The zero-order valence-electron chi connectivity index (χ0n) is 13.1. The Labute approximate surface area is 133 Å². The lowest BCUT2D eigenvalue weighted by atomic mass is 9.93. The van der Waals surface area contributed by atoms with Gasteiger partial charge in [0.2, 0.25) is 0 Å². The molecule has 0 amide bonds. The van der Waals surface area contributed by atoms with Crippen LogP contribution in [0.5, 0.6) is 0 Å². The van der Waals surface area contributed by atoms with Gasteiger partial charge in [0.25, 0.3) is 0 Å². The van der Waals surface area contributed by atoms with Crippen molar-refractivity contribution in [1.82, 2.24) is 5.32 Å². The van der Waals surface area contributed by atoms with E-state index in [0.29, 0.717) is 0 Å². The number of benzene rings is 1. The van der Waals surface area contributed by atoms with Crippen molar-refractivity contribution < 1.29 is 0 Å². The fraction of sp³-hybridized carbons (Fsp3) is 0.667. The minimum Gasteiger partial charge on any atom is -0.317 e. The van der Waals surface area contributed by atoms with Gasteiger partial charge in [-0.1, -0.05) is 74.0 Å². The van der Waals surface area contributed by atoms with Crippen LogP contribution in [0.3, 0.4) is 0 Å². The van der Waals surface area contributed by atoms with Crippen LogP contribution in [-0.2, 0) is 6.42 Å². The van der Waals surface area contributed by atoms with Crippen LogP contribution in [-0.4, -0.2) is 13.1 Å². The zero-order chi connectivity index (χ0) is 14.6. The van der Waals surface area contributed by atoms with E-state index in [0.717, 1.165) is 19.0 Å². The Morgan fingerprint density at radius 3 is 2.60 bits per heavy atom. The van der Waals surface area contributed by atoms with Gasteiger partial charge in [0.1, 0.15) is 0 Å². The van der Waals surface area contributed by atoms with Gasteiger partial charge in [0.05, 0.1) is 0 Å². The van der Waals surface area contributed by atoms with Crippen molar-refractivity contribution in [3.8, 4) is 0 Å². The summed E-state index contributed by atoms with van der Waals surface area (Å²) < 4.78 is 1.19. The third-order valence-corrected chi connectivity index (χ3v) is 4.31. The summed E-state index contributed by atoms with van der Waals surface area (Å²) in [5, 5.41) is 3.52. The first-order chi connectivity index (χ1) is 9.76. The van der Waals surface area contributed by atoms with Crippen LogP contribution in [0.2, 0.25) is 0 Å². The summed E-state index contributed by atoms with van der Waals surface area (Å²) in [7, 11) is 0. The lowest BCUT2D eigenvalue weighted by molar-refractivity contribution is 0.424. The average molecular weight is 340 g/mol. The molecule has 1 nitrogen and oxygen atoms in total. The molecule has 0 aliphatic rings. The number of halogens is 1. The van der Waals surface area contributed by atoms with Gasteiger partial charge in [-0.25, -0.2) is 0 Å². The molecule has 114 valence electrons. The molecule has 0 aromatic heterocycles. The first-order valence-electron chi connectivity index (χ1n) is 8.21. The van der Waals surface area contributed by atoms with E-state index in [2.05, 4.69) is 59.4 Å². The van der Waals surface area contributed by atoms with Gasteiger partial charge in [-0.2, -0.15) is 0 Å². The van der Waals surface area contributed by atoms with Crippen molar-refractivity contribution in [3.63, 3.8) is 0 Å². The van der Waals surface area contributed by atoms with Crippen molar-refractivity contribution in [2.24, 2.45) is 5.92 Å². The summed E-state index contributed by atoms with van der Waals surface area (Å²) in [5.41, 5.74) is 1.45.